The van der Waals surface area contributed by atoms with Crippen molar-refractivity contribution in [3.8, 4) is 5.75 Å². The molecule has 0 amide bonds. The zero-order valence-corrected chi connectivity index (χ0v) is 20.1. The Labute approximate surface area is 209 Å². The Kier molecular flexibility index (Phi) is 7.28. The molecule has 8 heteroatoms. The van der Waals surface area contributed by atoms with Crippen LogP contribution >= 0.6 is 11.6 Å². The third-order valence-electron chi connectivity index (χ3n) is 5.96. The minimum Gasteiger partial charge on any atom is -0.489 e. The Morgan fingerprint density at radius 3 is 2.34 bits per heavy atom. The van der Waals surface area contributed by atoms with Crippen LogP contribution in [0.2, 0.25) is 5.02 Å². The Morgan fingerprint density at radius 2 is 1.60 bits per heavy atom. The van der Waals surface area contributed by atoms with Gasteiger partial charge in [0.1, 0.15) is 23.7 Å². The number of aliphatic hydroxyl groups is 1. The fraction of sp³-hybridized carbons (Fsp3) is 0.259. The number of rotatable bonds is 9. The highest BCUT2D eigenvalue weighted by molar-refractivity contribution is 6.30. The molecule has 7 nitrogen and oxygen atoms in total. The zero-order valence-electron chi connectivity index (χ0n) is 19.4. The number of anilines is 4. The Hall–Kier alpha value is -3.39. The first-order valence-corrected chi connectivity index (χ1v) is 12.2. The summed E-state index contributed by atoms with van der Waals surface area (Å²) in [5.74, 6) is 1.67. The molecule has 0 bridgehead atoms. The van der Waals surface area contributed by atoms with Crippen molar-refractivity contribution >= 4 is 45.6 Å². The van der Waals surface area contributed by atoms with Gasteiger partial charge in [-0.3, -0.25) is 4.90 Å². The van der Waals surface area contributed by atoms with Gasteiger partial charge < -0.3 is 20.5 Å². The molecular weight excluding hydrogens is 462 g/mol. The molecule has 3 N–H and O–H groups in total. The lowest BCUT2D eigenvalue weighted by Gasteiger charge is -2.16. The molecule has 180 valence electrons. The van der Waals surface area contributed by atoms with E-state index in [1.165, 1.54) is 31.5 Å². The molecule has 35 heavy (non-hydrogen) atoms. The van der Waals surface area contributed by atoms with E-state index in [2.05, 4.69) is 39.8 Å². The second-order valence-corrected chi connectivity index (χ2v) is 8.99. The van der Waals surface area contributed by atoms with Crippen LogP contribution in [-0.2, 0) is 6.54 Å². The monoisotopic (exact) mass is 489 g/mol. The molecule has 0 spiro atoms. The number of hydrogen-bond acceptors (Lipinski definition) is 7. The van der Waals surface area contributed by atoms with Gasteiger partial charge in [0.25, 0.3) is 0 Å². The van der Waals surface area contributed by atoms with Crippen molar-refractivity contribution in [1.82, 2.24) is 14.9 Å². The van der Waals surface area contributed by atoms with Crippen molar-refractivity contribution in [2.45, 2.75) is 19.4 Å². The topological polar surface area (TPSA) is 82.5 Å². The van der Waals surface area contributed by atoms with Crippen molar-refractivity contribution < 1.29 is 9.84 Å². The average Bonchev–Trinajstić information content (AvgIpc) is 3.38. The lowest BCUT2D eigenvalue weighted by molar-refractivity contribution is 0.202. The summed E-state index contributed by atoms with van der Waals surface area (Å²) in [6, 6.07) is 21.5. The van der Waals surface area contributed by atoms with E-state index in [-0.39, 0.29) is 13.2 Å². The Bertz CT molecular complexity index is 1280. The number of aromatic nitrogens is 2. The molecule has 1 fully saturated rings. The van der Waals surface area contributed by atoms with Crippen molar-refractivity contribution in [3.63, 3.8) is 0 Å². The van der Waals surface area contributed by atoms with E-state index >= 15 is 0 Å². The second-order valence-electron chi connectivity index (χ2n) is 8.56. The molecular formula is C27H28ClN5O2. The molecule has 3 aromatic carbocycles. The fourth-order valence-corrected chi connectivity index (χ4v) is 4.37. The van der Waals surface area contributed by atoms with Crippen molar-refractivity contribution in [2.24, 2.45) is 0 Å². The van der Waals surface area contributed by atoms with Crippen LogP contribution in [0.3, 0.4) is 0 Å². The number of nitrogens with zero attached hydrogens (tertiary/aromatic N) is 3. The second kappa shape index (κ2) is 10.9. The van der Waals surface area contributed by atoms with Crippen molar-refractivity contribution in [2.75, 3.05) is 36.9 Å². The van der Waals surface area contributed by atoms with E-state index in [0.717, 1.165) is 23.3 Å². The third kappa shape index (κ3) is 5.82. The van der Waals surface area contributed by atoms with E-state index in [1.54, 1.807) is 0 Å². The minimum atomic E-state index is -0.0771. The van der Waals surface area contributed by atoms with Gasteiger partial charge in [0.05, 0.1) is 6.61 Å². The lowest BCUT2D eigenvalue weighted by atomic mass is 10.2. The third-order valence-corrected chi connectivity index (χ3v) is 6.21. The van der Waals surface area contributed by atoms with Gasteiger partial charge in [-0.05, 0) is 80.0 Å². The number of hydrogen-bond donors (Lipinski definition) is 3. The number of para-hydroxylation sites is 1. The van der Waals surface area contributed by atoms with E-state index < -0.39 is 0 Å². The number of aliphatic hydroxyl groups excluding tert-OH is 1. The molecule has 1 aliphatic rings. The molecule has 0 unspecified atom stereocenters. The highest BCUT2D eigenvalue weighted by atomic mass is 35.5. The summed E-state index contributed by atoms with van der Waals surface area (Å²) in [6.45, 7) is 3.44. The minimum absolute atomic E-state index is 0.0771. The van der Waals surface area contributed by atoms with E-state index in [0.29, 0.717) is 28.1 Å². The molecule has 0 radical (unpaired) electrons. The number of ether oxygens (including phenoxy) is 1. The number of nitrogens with one attached hydrogen (secondary N) is 2. The van der Waals surface area contributed by atoms with Gasteiger partial charge >= 0.3 is 0 Å². The summed E-state index contributed by atoms with van der Waals surface area (Å²) in [5, 5.41) is 17.4. The van der Waals surface area contributed by atoms with Crippen molar-refractivity contribution in [1.29, 1.82) is 0 Å². The van der Waals surface area contributed by atoms with Crippen LogP contribution in [0.5, 0.6) is 5.75 Å². The number of fused-ring (bicyclic) bond motifs is 1. The van der Waals surface area contributed by atoms with Crippen molar-refractivity contribution in [3.05, 3.63) is 77.3 Å². The molecule has 1 aliphatic heterocycles. The van der Waals surface area contributed by atoms with Crippen LogP contribution in [-0.4, -0.2) is 46.3 Å². The molecule has 1 saturated heterocycles. The highest BCUT2D eigenvalue weighted by Gasteiger charge is 2.14. The smallest absolute Gasteiger partial charge is 0.229 e. The highest BCUT2D eigenvalue weighted by Crippen LogP contribution is 2.32. The van der Waals surface area contributed by atoms with Crippen LogP contribution in [0.4, 0.5) is 23.1 Å². The van der Waals surface area contributed by atoms with E-state index in [9.17, 15) is 5.11 Å². The standard InChI is InChI=1S/C27H28ClN5O2/c28-20-8-12-21(13-9-20)29-26-23-4-3-5-24(35-17-16-34)25(23)31-27(32-26)30-22-10-6-19(7-11-22)18-33-14-1-2-15-33/h3-13,34H,1-2,14-18H2,(H2,29,30,31,32). The quantitative estimate of drug-likeness (QED) is 0.276. The predicted molar refractivity (Wildman–Crippen MR) is 141 cm³/mol. The Morgan fingerprint density at radius 1 is 0.886 bits per heavy atom. The lowest BCUT2D eigenvalue weighted by Crippen LogP contribution is -2.18. The maximum absolute atomic E-state index is 9.24. The normalized spacial score (nSPS) is 13.8. The van der Waals surface area contributed by atoms with E-state index in [1.807, 2.05) is 42.5 Å². The van der Waals surface area contributed by atoms with Gasteiger partial charge in [0, 0.05) is 28.3 Å². The van der Waals surface area contributed by atoms with Gasteiger partial charge in [-0.1, -0.05) is 29.8 Å². The largest absolute Gasteiger partial charge is 0.489 e. The zero-order chi connectivity index (χ0) is 24.0. The maximum Gasteiger partial charge on any atom is 0.229 e. The summed E-state index contributed by atoms with van der Waals surface area (Å²) in [5.41, 5.74) is 3.70. The van der Waals surface area contributed by atoms with Gasteiger partial charge in [0.2, 0.25) is 5.95 Å². The molecule has 0 aliphatic carbocycles. The van der Waals surface area contributed by atoms with Crippen LogP contribution < -0.4 is 15.4 Å². The SMILES string of the molecule is OCCOc1cccc2c(Nc3ccc(Cl)cc3)nc(Nc3ccc(CN4CCCC4)cc3)nc12. The molecule has 4 aromatic rings. The first-order valence-electron chi connectivity index (χ1n) is 11.8. The van der Waals surface area contributed by atoms with Crippen LogP contribution in [0.1, 0.15) is 18.4 Å². The predicted octanol–water partition coefficient (Wildman–Crippen LogP) is 5.74. The number of benzene rings is 3. The van der Waals surface area contributed by atoms with Gasteiger partial charge in [-0.2, -0.15) is 4.98 Å². The summed E-state index contributed by atoms with van der Waals surface area (Å²) < 4.78 is 5.76. The fourth-order valence-electron chi connectivity index (χ4n) is 4.24. The summed E-state index contributed by atoms with van der Waals surface area (Å²) in [6.07, 6.45) is 2.57. The maximum atomic E-state index is 9.24. The molecule has 0 saturated carbocycles. The molecule has 1 aromatic heterocycles. The van der Waals surface area contributed by atoms with Crippen LogP contribution in [0.25, 0.3) is 10.9 Å². The Balaban J connectivity index is 1.45. The summed E-state index contributed by atoms with van der Waals surface area (Å²) in [4.78, 5) is 12.0. The van der Waals surface area contributed by atoms with Gasteiger partial charge in [-0.15, -0.1) is 0 Å². The summed E-state index contributed by atoms with van der Waals surface area (Å²) in [7, 11) is 0. The first-order chi connectivity index (χ1) is 17.2. The molecule has 2 heterocycles. The number of halogens is 1. The van der Waals surface area contributed by atoms with Crippen LogP contribution in [0.15, 0.2) is 66.7 Å². The molecule has 0 atom stereocenters. The molecule has 5 rings (SSSR count). The summed E-state index contributed by atoms with van der Waals surface area (Å²) >= 11 is 6.05. The van der Waals surface area contributed by atoms with Gasteiger partial charge in [-0.25, -0.2) is 4.98 Å². The van der Waals surface area contributed by atoms with E-state index in [4.69, 9.17) is 26.3 Å². The average molecular weight is 490 g/mol. The number of likely N-dealkylation sites (tertiary alicyclic amines) is 1. The van der Waals surface area contributed by atoms with Gasteiger partial charge in [0.15, 0.2) is 0 Å². The first kappa shape index (κ1) is 23.4. The van der Waals surface area contributed by atoms with Crippen LogP contribution in [0, 0.1) is 0 Å².